The van der Waals surface area contributed by atoms with Crippen molar-refractivity contribution in [2.75, 3.05) is 12.4 Å². The molecule has 1 heterocycles. The molecule has 0 spiro atoms. The number of rotatable bonds is 3. The number of imide groups is 1. The van der Waals surface area contributed by atoms with Gasteiger partial charge in [-0.05, 0) is 18.2 Å². The summed E-state index contributed by atoms with van der Waals surface area (Å²) >= 11 is 0. The van der Waals surface area contributed by atoms with Crippen molar-refractivity contribution < 1.29 is 36.7 Å². The smallest absolute Gasteiger partial charge is 0.335 e. The topological polar surface area (TPSA) is 84.5 Å². The molecule has 0 radical (unpaired) electrons. The molecule has 3 amide bonds. The van der Waals surface area contributed by atoms with Crippen molar-refractivity contribution in [2.24, 2.45) is 0 Å². The zero-order valence-electron chi connectivity index (χ0n) is 10.9. The molecule has 1 aliphatic heterocycles. The molecule has 0 aliphatic carbocycles. The van der Waals surface area contributed by atoms with Crippen molar-refractivity contribution in [1.29, 1.82) is 0 Å². The van der Waals surface area contributed by atoms with Crippen LogP contribution in [-0.2, 0) is 9.53 Å². The van der Waals surface area contributed by atoms with Gasteiger partial charge in [-0.3, -0.25) is 19.7 Å². The van der Waals surface area contributed by atoms with Crippen LogP contribution in [0.15, 0.2) is 18.2 Å². The number of nitrogens with one attached hydrogen (secondary N) is 2. The molecule has 1 aromatic carbocycles. The van der Waals surface area contributed by atoms with Crippen molar-refractivity contribution in [3.8, 4) is 0 Å². The predicted octanol–water partition coefficient (Wildman–Crippen LogP) is 1.38. The van der Waals surface area contributed by atoms with E-state index in [0.29, 0.717) is 7.11 Å². The maximum Gasteiger partial charge on any atom is 0.458 e. The van der Waals surface area contributed by atoms with Gasteiger partial charge in [0.2, 0.25) is 0 Å². The summed E-state index contributed by atoms with van der Waals surface area (Å²) < 4.78 is 54.8. The molecule has 0 saturated carbocycles. The van der Waals surface area contributed by atoms with Crippen LogP contribution in [0.1, 0.15) is 20.7 Å². The van der Waals surface area contributed by atoms with Crippen LogP contribution in [0.4, 0.5) is 23.2 Å². The molecule has 1 atom stereocenters. The average Bonchev–Trinajstić information content (AvgIpc) is 2.71. The molecule has 0 fully saturated rings. The van der Waals surface area contributed by atoms with Gasteiger partial charge in [0, 0.05) is 12.8 Å². The summed E-state index contributed by atoms with van der Waals surface area (Å²) in [6.07, 6.45) is -5.59. The Balaban J connectivity index is 2.29. The minimum absolute atomic E-state index is 0.00271. The summed E-state index contributed by atoms with van der Waals surface area (Å²) in [4.78, 5) is 34.2. The van der Waals surface area contributed by atoms with Gasteiger partial charge in [-0.25, -0.2) is 0 Å². The van der Waals surface area contributed by atoms with Crippen LogP contribution < -0.4 is 10.6 Å². The number of fused-ring (bicyclic) bond motifs is 1. The van der Waals surface area contributed by atoms with E-state index < -0.39 is 29.8 Å². The Kier molecular flexibility index (Phi) is 3.65. The van der Waals surface area contributed by atoms with Gasteiger partial charge in [0.15, 0.2) is 0 Å². The lowest BCUT2D eigenvalue weighted by Gasteiger charge is -2.24. The second-order valence-electron chi connectivity index (χ2n) is 4.29. The van der Waals surface area contributed by atoms with Crippen LogP contribution in [0, 0.1) is 0 Å². The largest absolute Gasteiger partial charge is 0.458 e. The summed E-state index contributed by atoms with van der Waals surface area (Å²) in [5, 5.41) is 3.61. The molecule has 1 aromatic rings. The van der Waals surface area contributed by atoms with Gasteiger partial charge in [-0.1, -0.05) is 0 Å². The first-order valence-electron chi connectivity index (χ1n) is 5.72. The maximum absolute atomic E-state index is 13.6. The number of hydrogen-bond acceptors (Lipinski definition) is 4. The normalized spacial score (nSPS) is 16.8. The number of alkyl halides is 4. The standard InChI is InChI=1S/C12H8F4N2O4/c1-22-11(13,12(14,15)16)10(21)17-5-2-3-6-7(4-5)9(20)18-8(6)19/h2-4H,1H3,(H,17,21)(H,18,19,20)/t11-/m1/s1. The molecule has 22 heavy (non-hydrogen) atoms. The van der Waals surface area contributed by atoms with Crippen LogP contribution in [0.3, 0.4) is 0 Å². The first-order valence-corrected chi connectivity index (χ1v) is 5.72. The number of amides is 3. The SMILES string of the molecule is CO[C@](F)(C(=O)Nc1ccc2c(c1)C(=O)NC2=O)C(F)(F)F. The quantitative estimate of drug-likeness (QED) is 0.651. The van der Waals surface area contributed by atoms with Crippen LogP contribution in [0.2, 0.25) is 0 Å². The molecule has 0 saturated heterocycles. The number of benzene rings is 1. The molecule has 10 heteroatoms. The van der Waals surface area contributed by atoms with Crippen molar-refractivity contribution in [3.63, 3.8) is 0 Å². The second kappa shape index (κ2) is 5.05. The highest BCUT2D eigenvalue weighted by Crippen LogP contribution is 2.35. The Morgan fingerprint density at radius 2 is 1.73 bits per heavy atom. The van der Waals surface area contributed by atoms with Crippen molar-refractivity contribution >= 4 is 23.4 Å². The monoisotopic (exact) mass is 320 g/mol. The Morgan fingerprint density at radius 3 is 2.27 bits per heavy atom. The fourth-order valence-corrected chi connectivity index (χ4v) is 1.79. The third-order valence-electron chi connectivity index (χ3n) is 2.93. The van der Waals surface area contributed by atoms with E-state index in [2.05, 4.69) is 4.74 Å². The van der Waals surface area contributed by atoms with Crippen molar-refractivity contribution in [3.05, 3.63) is 29.3 Å². The maximum atomic E-state index is 13.6. The van der Waals surface area contributed by atoms with E-state index in [1.807, 2.05) is 5.32 Å². The van der Waals surface area contributed by atoms with E-state index >= 15 is 0 Å². The van der Waals surface area contributed by atoms with Gasteiger partial charge < -0.3 is 10.1 Å². The number of hydrogen-bond donors (Lipinski definition) is 2. The molecular formula is C12H8F4N2O4. The second-order valence-corrected chi connectivity index (χ2v) is 4.29. The lowest BCUT2D eigenvalue weighted by molar-refractivity contribution is -0.305. The minimum atomic E-state index is -5.59. The van der Waals surface area contributed by atoms with Gasteiger partial charge in [0.05, 0.1) is 11.1 Å². The van der Waals surface area contributed by atoms with Gasteiger partial charge in [0.1, 0.15) is 0 Å². The minimum Gasteiger partial charge on any atom is -0.335 e. The van der Waals surface area contributed by atoms with Gasteiger partial charge in [-0.15, -0.1) is 0 Å². The third-order valence-corrected chi connectivity index (χ3v) is 2.93. The zero-order chi connectivity index (χ0) is 16.7. The predicted molar refractivity (Wildman–Crippen MR) is 63.8 cm³/mol. The van der Waals surface area contributed by atoms with Crippen LogP contribution in [-0.4, -0.2) is 36.9 Å². The molecular weight excluding hydrogens is 312 g/mol. The van der Waals surface area contributed by atoms with Crippen LogP contribution in [0.5, 0.6) is 0 Å². The fraction of sp³-hybridized carbons (Fsp3) is 0.250. The molecule has 6 nitrogen and oxygen atoms in total. The van der Waals surface area contributed by atoms with E-state index in [1.165, 1.54) is 0 Å². The molecule has 1 aliphatic rings. The van der Waals surface area contributed by atoms with E-state index in [9.17, 15) is 31.9 Å². The number of halogens is 4. The summed E-state index contributed by atoms with van der Waals surface area (Å²) in [5.74, 6) is -8.09. The highest BCUT2D eigenvalue weighted by Gasteiger charge is 2.63. The molecule has 2 rings (SSSR count). The Morgan fingerprint density at radius 1 is 1.14 bits per heavy atom. The number of methoxy groups -OCH3 is 1. The van der Waals surface area contributed by atoms with E-state index in [1.54, 1.807) is 5.32 Å². The number of carbonyl (C=O) groups excluding carboxylic acids is 3. The summed E-state index contributed by atoms with van der Waals surface area (Å²) in [6, 6.07) is 3.13. The van der Waals surface area contributed by atoms with E-state index in [0.717, 1.165) is 18.2 Å². The highest BCUT2D eigenvalue weighted by atomic mass is 19.4. The lowest BCUT2D eigenvalue weighted by Crippen LogP contribution is -2.52. The van der Waals surface area contributed by atoms with E-state index in [-0.39, 0.29) is 16.8 Å². The Labute approximate surface area is 120 Å². The molecule has 0 aromatic heterocycles. The van der Waals surface area contributed by atoms with E-state index in [4.69, 9.17) is 0 Å². The lowest BCUT2D eigenvalue weighted by atomic mass is 10.1. The molecule has 0 bridgehead atoms. The first-order chi connectivity index (χ1) is 10.1. The number of anilines is 1. The Bertz CT molecular complexity index is 674. The highest BCUT2D eigenvalue weighted by molar-refractivity contribution is 6.22. The first kappa shape index (κ1) is 15.9. The van der Waals surface area contributed by atoms with Gasteiger partial charge >= 0.3 is 12.0 Å². The fourth-order valence-electron chi connectivity index (χ4n) is 1.79. The molecule has 0 unspecified atom stereocenters. The van der Waals surface area contributed by atoms with Gasteiger partial charge in [-0.2, -0.15) is 17.6 Å². The van der Waals surface area contributed by atoms with Crippen LogP contribution >= 0.6 is 0 Å². The Hall–Kier alpha value is -2.49. The van der Waals surface area contributed by atoms with Gasteiger partial charge in [0.25, 0.3) is 17.7 Å². The summed E-state index contributed by atoms with van der Waals surface area (Å²) in [7, 11) is 0.391. The number of ether oxygens (including phenoxy) is 1. The van der Waals surface area contributed by atoms with Crippen LogP contribution in [0.25, 0.3) is 0 Å². The van der Waals surface area contributed by atoms with Crippen molar-refractivity contribution in [1.82, 2.24) is 5.32 Å². The third kappa shape index (κ3) is 2.41. The summed E-state index contributed by atoms with van der Waals surface area (Å²) in [6.45, 7) is 0. The average molecular weight is 320 g/mol. The number of carbonyl (C=O) groups is 3. The zero-order valence-corrected chi connectivity index (χ0v) is 10.9. The summed E-state index contributed by atoms with van der Waals surface area (Å²) in [5.41, 5.74) is -0.439. The molecule has 2 N–H and O–H groups in total. The van der Waals surface area contributed by atoms with Crippen molar-refractivity contribution in [2.45, 2.75) is 12.0 Å². The molecule has 118 valence electrons.